The first-order valence-corrected chi connectivity index (χ1v) is 8.29. The summed E-state index contributed by atoms with van der Waals surface area (Å²) in [7, 11) is 1.83. The lowest BCUT2D eigenvalue weighted by atomic mass is 9.78. The van der Waals surface area contributed by atoms with Crippen LogP contribution in [0.15, 0.2) is 46.8 Å². The summed E-state index contributed by atoms with van der Waals surface area (Å²) < 4.78 is 0. The maximum Gasteiger partial charge on any atom is 0.191 e. The number of hydrogen-bond acceptors (Lipinski definition) is 2. The molecule has 0 saturated carbocycles. The summed E-state index contributed by atoms with van der Waals surface area (Å²) in [6.45, 7) is 1.87. The van der Waals surface area contributed by atoms with E-state index in [1.165, 1.54) is 22.4 Å². The van der Waals surface area contributed by atoms with Crippen molar-refractivity contribution in [3.05, 3.63) is 57.8 Å². The Bertz CT molecular complexity index is 610. The highest BCUT2D eigenvalue weighted by atomic mass is 127. The van der Waals surface area contributed by atoms with Crippen LogP contribution >= 0.6 is 35.3 Å². The molecule has 1 aliphatic rings. The van der Waals surface area contributed by atoms with Gasteiger partial charge in [0.05, 0.1) is 0 Å². The first-order valence-electron chi connectivity index (χ1n) is 7.41. The third-order valence-electron chi connectivity index (χ3n) is 3.94. The summed E-state index contributed by atoms with van der Waals surface area (Å²) >= 11 is 1.81. The molecule has 1 atom stereocenters. The van der Waals surface area contributed by atoms with E-state index in [9.17, 15) is 0 Å². The molecule has 3 rings (SSSR count). The zero-order chi connectivity index (χ0) is 14.5. The average Bonchev–Trinajstić information content (AvgIpc) is 2.99. The molecular weight excluding hydrogens is 405 g/mol. The van der Waals surface area contributed by atoms with Crippen LogP contribution in [0.2, 0.25) is 0 Å². The molecule has 5 heteroatoms. The highest BCUT2D eigenvalue weighted by Gasteiger charge is 2.25. The summed E-state index contributed by atoms with van der Waals surface area (Å²) in [6, 6.07) is 13.0. The quantitative estimate of drug-likeness (QED) is 0.436. The van der Waals surface area contributed by atoms with Crippen LogP contribution in [0.1, 0.15) is 21.9 Å². The van der Waals surface area contributed by atoms with Gasteiger partial charge in [-0.05, 0) is 35.4 Å². The fourth-order valence-electron chi connectivity index (χ4n) is 2.74. The molecule has 0 fully saturated rings. The van der Waals surface area contributed by atoms with Gasteiger partial charge in [0, 0.05) is 30.9 Å². The Morgan fingerprint density at radius 1 is 1.23 bits per heavy atom. The number of aliphatic imine (C=N–C) groups is 1. The lowest BCUT2D eigenvalue weighted by molar-refractivity contribution is 0.584. The molecule has 2 N–H and O–H groups in total. The van der Waals surface area contributed by atoms with Crippen LogP contribution in [-0.2, 0) is 12.8 Å². The van der Waals surface area contributed by atoms with E-state index in [0.29, 0.717) is 5.92 Å². The highest BCUT2D eigenvalue weighted by molar-refractivity contribution is 14.0. The predicted octanol–water partition coefficient (Wildman–Crippen LogP) is 3.41. The number of thiophene rings is 1. The zero-order valence-corrected chi connectivity index (χ0v) is 15.9. The normalized spacial score (nSPS) is 16.2. The van der Waals surface area contributed by atoms with Crippen molar-refractivity contribution in [2.75, 3.05) is 20.1 Å². The molecule has 0 radical (unpaired) electrons. The van der Waals surface area contributed by atoms with E-state index < -0.39 is 0 Å². The Morgan fingerprint density at radius 2 is 2.09 bits per heavy atom. The second kappa shape index (κ2) is 8.53. The summed E-state index contributed by atoms with van der Waals surface area (Å²) in [5.41, 5.74) is 2.98. The van der Waals surface area contributed by atoms with E-state index >= 15 is 0 Å². The highest BCUT2D eigenvalue weighted by Crippen LogP contribution is 2.33. The van der Waals surface area contributed by atoms with Gasteiger partial charge in [-0.3, -0.25) is 4.99 Å². The van der Waals surface area contributed by atoms with E-state index in [-0.39, 0.29) is 24.0 Å². The minimum Gasteiger partial charge on any atom is -0.356 e. The standard InChI is InChI=1S/C17H21N3S.HI/c1-18-17(19-9-8-15-6-4-10-21-15)20-12-14-11-13-5-2-3-7-16(13)14;/h2-7,10,14H,8-9,11-12H2,1H3,(H2,18,19,20);1H. The molecule has 1 aliphatic carbocycles. The fourth-order valence-corrected chi connectivity index (χ4v) is 3.45. The second-order valence-corrected chi connectivity index (χ2v) is 6.34. The first-order chi connectivity index (χ1) is 10.4. The number of benzene rings is 1. The Hall–Kier alpha value is -1.08. The van der Waals surface area contributed by atoms with Crippen LogP contribution in [0.25, 0.3) is 0 Å². The van der Waals surface area contributed by atoms with Crippen LogP contribution in [0.5, 0.6) is 0 Å². The van der Waals surface area contributed by atoms with Gasteiger partial charge < -0.3 is 10.6 Å². The Balaban J connectivity index is 0.00000176. The summed E-state index contributed by atoms with van der Waals surface area (Å²) in [5.74, 6) is 1.52. The third kappa shape index (κ3) is 4.23. The van der Waals surface area contributed by atoms with Gasteiger partial charge in [-0.15, -0.1) is 35.3 Å². The first kappa shape index (κ1) is 17.3. The van der Waals surface area contributed by atoms with E-state index in [1.807, 2.05) is 7.05 Å². The molecule has 0 saturated heterocycles. The van der Waals surface area contributed by atoms with Crippen molar-refractivity contribution in [3.8, 4) is 0 Å². The van der Waals surface area contributed by atoms with Gasteiger partial charge in [-0.25, -0.2) is 0 Å². The third-order valence-corrected chi connectivity index (χ3v) is 4.88. The Kier molecular flexibility index (Phi) is 6.70. The van der Waals surface area contributed by atoms with E-state index in [2.05, 4.69) is 57.4 Å². The van der Waals surface area contributed by atoms with Crippen molar-refractivity contribution in [3.63, 3.8) is 0 Å². The Morgan fingerprint density at radius 3 is 2.82 bits per heavy atom. The van der Waals surface area contributed by atoms with Crippen LogP contribution in [0.4, 0.5) is 0 Å². The van der Waals surface area contributed by atoms with Crippen molar-refractivity contribution >= 4 is 41.3 Å². The molecule has 1 heterocycles. The van der Waals surface area contributed by atoms with Crippen LogP contribution in [-0.4, -0.2) is 26.1 Å². The van der Waals surface area contributed by atoms with Gasteiger partial charge in [-0.2, -0.15) is 0 Å². The van der Waals surface area contributed by atoms with Crippen LogP contribution < -0.4 is 10.6 Å². The minimum atomic E-state index is 0. The second-order valence-electron chi connectivity index (χ2n) is 5.31. The molecule has 22 heavy (non-hydrogen) atoms. The molecule has 0 bridgehead atoms. The summed E-state index contributed by atoms with van der Waals surface area (Å²) in [4.78, 5) is 5.70. The number of guanidine groups is 1. The molecule has 0 amide bonds. The van der Waals surface area contributed by atoms with Crippen molar-refractivity contribution in [1.82, 2.24) is 10.6 Å². The number of hydrogen-bond donors (Lipinski definition) is 2. The summed E-state index contributed by atoms with van der Waals surface area (Å²) in [6.07, 6.45) is 2.22. The molecule has 0 spiro atoms. The summed E-state index contributed by atoms with van der Waals surface area (Å²) in [5, 5.41) is 8.94. The molecule has 2 aromatic rings. The molecule has 0 aliphatic heterocycles. The monoisotopic (exact) mass is 427 g/mol. The maximum atomic E-state index is 4.29. The molecule has 3 nitrogen and oxygen atoms in total. The Labute approximate surface area is 153 Å². The van der Waals surface area contributed by atoms with Gasteiger partial charge in [-0.1, -0.05) is 30.3 Å². The van der Waals surface area contributed by atoms with E-state index in [0.717, 1.165) is 25.5 Å². The largest absolute Gasteiger partial charge is 0.356 e. The number of nitrogens with one attached hydrogen (secondary N) is 2. The van der Waals surface area contributed by atoms with Gasteiger partial charge in [0.1, 0.15) is 0 Å². The number of halogens is 1. The molecule has 1 aromatic carbocycles. The molecule has 1 unspecified atom stereocenters. The fraction of sp³-hybridized carbons (Fsp3) is 0.353. The minimum absolute atomic E-state index is 0. The van der Waals surface area contributed by atoms with Gasteiger partial charge in [0.25, 0.3) is 0 Å². The van der Waals surface area contributed by atoms with Gasteiger partial charge in [0.2, 0.25) is 0 Å². The smallest absolute Gasteiger partial charge is 0.191 e. The average molecular weight is 427 g/mol. The molecular formula is C17H22IN3S. The van der Waals surface area contributed by atoms with E-state index in [1.54, 1.807) is 11.3 Å². The van der Waals surface area contributed by atoms with Crippen LogP contribution in [0, 0.1) is 0 Å². The topological polar surface area (TPSA) is 36.4 Å². The van der Waals surface area contributed by atoms with Crippen molar-refractivity contribution in [2.24, 2.45) is 4.99 Å². The van der Waals surface area contributed by atoms with Gasteiger partial charge >= 0.3 is 0 Å². The lowest BCUT2D eigenvalue weighted by Gasteiger charge is -2.30. The maximum absolute atomic E-state index is 4.29. The zero-order valence-electron chi connectivity index (χ0n) is 12.7. The van der Waals surface area contributed by atoms with Crippen molar-refractivity contribution < 1.29 is 0 Å². The molecule has 118 valence electrons. The van der Waals surface area contributed by atoms with Gasteiger partial charge in [0.15, 0.2) is 5.96 Å². The SMILES string of the molecule is CN=C(NCCc1cccs1)NCC1Cc2ccccc21.I. The lowest BCUT2D eigenvalue weighted by Crippen LogP contribution is -2.41. The predicted molar refractivity (Wildman–Crippen MR) is 106 cm³/mol. The van der Waals surface area contributed by atoms with Crippen molar-refractivity contribution in [2.45, 2.75) is 18.8 Å². The van der Waals surface area contributed by atoms with E-state index in [4.69, 9.17) is 0 Å². The number of rotatable bonds is 5. The number of nitrogens with zero attached hydrogens (tertiary/aromatic N) is 1. The van der Waals surface area contributed by atoms with Crippen molar-refractivity contribution in [1.29, 1.82) is 0 Å². The number of fused-ring (bicyclic) bond motifs is 1. The van der Waals surface area contributed by atoms with Crippen LogP contribution in [0.3, 0.4) is 0 Å². The molecule has 1 aromatic heterocycles.